The van der Waals surface area contributed by atoms with E-state index in [-0.39, 0.29) is 24.0 Å². The predicted molar refractivity (Wildman–Crippen MR) is 125 cm³/mol. The molecule has 1 aromatic rings. The molecule has 2 saturated heterocycles. The van der Waals surface area contributed by atoms with Crippen LogP contribution in [0.1, 0.15) is 6.92 Å². The number of methoxy groups -OCH3 is 1. The van der Waals surface area contributed by atoms with E-state index in [4.69, 9.17) is 14.5 Å². The van der Waals surface area contributed by atoms with Crippen molar-refractivity contribution in [3.63, 3.8) is 0 Å². The van der Waals surface area contributed by atoms with Gasteiger partial charge in [-0.1, -0.05) is 12.1 Å². The Balaban J connectivity index is 0.00000280. The van der Waals surface area contributed by atoms with Crippen molar-refractivity contribution in [3.05, 3.63) is 24.3 Å². The number of nitrogens with one attached hydrogen (secondary N) is 1. The van der Waals surface area contributed by atoms with Gasteiger partial charge in [-0.05, 0) is 19.1 Å². The molecule has 8 heteroatoms. The zero-order valence-electron chi connectivity index (χ0n) is 17.1. The summed E-state index contributed by atoms with van der Waals surface area (Å²) in [5, 5.41) is 3.46. The topological polar surface area (TPSA) is 52.6 Å². The Morgan fingerprint density at radius 1 is 1.11 bits per heavy atom. The lowest BCUT2D eigenvalue weighted by Gasteiger charge is -2.38. The fourth-order valence-corrected chi connectivity index (χ4v) is 3.60. The van der Waals surface area contributed by atoms with Crippen LogP contribution in [-0.4, -0.2) is 95.0 Å². The van der Waals surface area contributed by atoms with E-state index in [1.165, 1.54) is 5.69 Å². The third-order valence-electron chi connectivity index (χ3n) is 5.12. The average molecular weight is 503 g/mol. The number of piperazine rings is 1. The number of aliphatic imine (C=N–C) groups is 1. The molecule has 158 valence electrons. The largest absolute Gasteiger partial charge is 0.495 e. The lowest BCUT2D eigenvalue weighted by atomic mass is 10.2. The van der Waals surface area contributed by atoms with Crippen LogP contribution in [0.2, 0.25) is 0 Å². The van der Waals surface area contributed by atoms with E-state index in [1.807, 2.05) is 12.1 Å². The molecule has 0 bridgehead atoms. The quantitative estimate of drug-likeness (QED) is 0.363. The molecule has 0 unspecified atom stereocenters. The minimum atomic E-state index is 0. The average Bonchev–Trinajstić information content (AvgIpc) is 2.74. The minimum Gasteiger partial charge on any atom is -0.495 e. The van der Waals surface area contributed by atoms with Crippen molar-refractivity contribution in [2.24, 2.45) is 4.99 Å². The molecule has 28 heavy (non-hydrogen) atoms. The lowest BCUT2D eigenvalue weighted by Crippen LogP contribution is -2.52. The van der Waals surface area contributed by atoms with Crippen LogP contribution >= 0.6 is 24.0 Å². The summed E-state index contributed by atoms with van der Waals surface area (Å²) in [7, 11) is 1.74. The lowest BCUT2D eigenvalue weighted by molar-refractivity contribution is 0.0394. The van der Waals surface area contributed by atoms with Crippen molar-refractivity contribution in [1.29, 1.82) is 0 Å². The van der Waals surface area contributed by atoms with Crippen LogP contribution in [0.4, 0.5) is 5.69 Å². The van der Waals surface area contributed by atoms with Crippen molar-refractivity contribution < 1.29 is 9.47 Å². The zero-order valence-corrected chi connectivity index (χ0v) is 19.4. The van der Waals surface area contributed by atoms with E-state index in [1.54, 1.807) is 7.11 Å². The van der Waals surface area contributed by atoms with Crippen molar-refractivity contribution in [2.45, 2.75) is 6.92 Å². The van der Waals surface area contributed by atoms with E-state index in [9.17, 15) is 0 Å². The molecule has 0 amide bonds. The Hall–Kier alpha value is -1.26. The number of guanidine groups is 1. The monoisotopic (exact) mass is 503 g/mol. The van der Waals surface area contributed by atoms with Gasteiger partial charge in [-0.25, -0.2) is 0 Å². The fourth-order valence-electron chi connectivity index (χ4n) is 3.60. The molecule has 1 aromatic carbocycles. The van der Waals surface area contributed by atoms with Gasteiger partial charge in [0.05, 0.1) is 32.6 Å². The van der Waals surface area contributed by atoms with E-state index in [0.717, 1.165) is 83.8 Å². The van der Waals surface area contributed by atoms with Gasteiger partial charge < -0.3 is 24.6 Å². The van der Waals surface area contributed by atoms with Crippen LogP contribution in [0.15, 0.2) is 29.3 Å². The Morgan fingerprint density at radius 2 is 1.82 bits per heavy atom. The van der Waals surface area contributed by atoms with E-state index < -0.39 is 0 Å². The third kappa shape index (κ3) is 6.38. The summed E-state index contributed by atoms with van der Waals surface area (Å²) in [5.41, 5.74) is 1.17. The molecular weight excluding hydrogens is 469 g/mol. The molecule has 0 aliphatic carbocycles. The number of ether oxygens (including phenoxy) is 2. The Kier molecular flexibility index (Phi) is 10.1. The smallest absolute Gasteiger partial charge is 0.194 e. The highest BCUT2D eigenvalue weighted by Crippen LogP contribution is 2.28. The first kappa shape index (κ1) is 23.0. The number of nitrogens with zero attached hydrogens (tertiary/aromatic N) is 4. The van der Waals surface area contributed by atoms with Gasteiger partial charge >= 0.3 is 0 Å². The molecule has 3 rings (SSSR count). The summed E-state index contributed by atoms with van der Waals surface area (Å²) in [4.78, 5) is 12.1. The molecule has 2 heterocycles. The first-order valence-corrected chi connectivity index (χ1v) is 10.0. The van der Waals surface area contributed by atoms with Gasteiger partial charge in [0, 0.05) is 52.4 Å². The Bertz CT molecular complexity index is 602. The van der Waals surface area contributed by atoms with Crippen LogP contribution in [-0.2, 0) is 4.74 Å². The summed E-state index contributed by atoms with van der Waals surface area (Å²) in [5.74, 6) is 1.97. The number of morpholine rings is 1. The van der Waals surface area contributed by atoms with Gasteiger partial charge in [-0.15, -0.1) is 24.0 Å². The molecule has 2 fully saturated rings. The summed E-state index contributed by atoms with van der Waals surface area (Å²) in [6.45, 7) is 12.4. The van der Waals surface area contributed by atoms with Crippen LogP contribution in [0.5, 0.6) is 5.75 Å². The fraction of sp³-hybridized carbons (Fsp3) is 0.650. The molecule has 2 aliphatic rings. The molecule has 0 radical (unpaired) electrons. The van der Waals surface area contributed by atoms with Gasteiger partial charge in [-0.2, -0.15) is 0 Å². The van der Waals surface area contributed by atoms with Crippen LogP contribution < -0.4 is 15.0 Å². The van der Waals surface area contributed by atoms with Crippen molar-refractivity contribution in [2.75, 3.05) is 84.1 Å². The van der Waals surface area contributed by atoms with E-state index >= 15 is 0 Å². The highest BCUT2D eigenvalue weighted by Gasteiger charge is 2.21. The molecule has 0 atom stereocenters. The zero-order chi connectivity index (χ0) is 18.9. The van der Waals surface area contributed by atoms with Crippen LogP contribution in [0.25, 0.3) is 0 Å². The molecule has 7 nitrogen and oxygen atoms in total. The summed E-state index contributed by atoms with van der Waals surface area (Å²) >= 11 is 0. The van der Waals surface area contributed by atoms with Crippen molar-refractivity contribution in [1.82, 2.24) is 15.1 Å². The first-order valence-electron chi connectivity index (χ1n) is 10.0. The number of hydrogen-bond donors (Lipinski definition) is 1. The Labute approximate surface area is 186 Å². The molecule has 1 N–H and O–H groups in total. The van der Waals surface area contributed by atoms with Gasteiger partial charge in [-0.3, -0.25) is 9.89 Å². The standard InChI is InChI=1S/C20H33N5O2.HI/c1-3-21-20(22-8-9-23-14-16-27-17-15-23)25-12-10-24(11-13-25)18-6-4-5-7-19(18)26-2;/h4-7H,3,8-17H2,1-2H3,(H,21,22);1H. The maximum Gasteiger partial charge on any atom is 0.194 e. The number of hydrogen-bond acceptors (Lipinski definition) is 5. The summed E-state index contributed by atoms with van der Waals surface area (Å²) < 4.78 is 10.9. The maximum absolute atomic E-state index is 5.52. The van der Waals surface area contributed by atoms with Crippen molar-refractivity contribution >= 4 is 35.6 Å². The maximum atomic E-state index is 5.52. The van der Waals surface area contributed by atoms with Crippen LogP contribution in [0, 0.1) is 0 Å². The van der Waals surface area contributed by atoms with Gasteiger partial charge in [0.2, 0.25) is 0 Å². The second-order valence-electron chi connectivity index (χ2n) is 6.84. The number of anilines is 1. The molecule has 0 saturated carbocycles. The number of benzene rings is 1. The number of rotatable bonds is 6. The molecule has 0 aromatic heterocycles. The molecule has 2 aliphatic heterocycles. The van der Waals surface area contributed by atoms with Gasteiger partial charge in [0.15, 0.2) is 5.96 Å². The van der Waals surface area contributed by atoms with Gasteiger partial charge in [0.25, 0.3) is 0 Å². The van der Waals surface area contributed by atoms with Crippen molar-refractivity contribution in [3.8, 4) is 5.75 Å². The van der Waals surface area contributed by atoms with Crippen LogP contribution in [0.3, 0.4) is 0 Å². The second-order valence-corrected chi connectivity index (χ2v) is 6.84. The minimum absolute atomic E-state index is 0. The number of para-hydroxylation sites is 2. The molecule has 0 spiro atoms. The van der Waals surface area contributed by atoms with E-state index in [0.29, 0.717) is 0 Å². The highest BCUT2D eigenvalue weighted by molar-refractivity contribution is 14.0. The number of halogens is 1. The second kappa shape index (κ2) is 12.3. The molecular formula is C20H34IN5O2. The predicted octanol–water partition coefficient (Wildman–Crippen LogP) is 1.73. The third-order valence-corrected chi connectivity index (χ3v) is 5.12. The summed E-state index contributed by atoms with van der Waals surface area (Å²) in [6, 6.07) is 8.25. The summed E-state index contributed by atoms with van der Waals surface area (Å²) in [6.07, 6.45) is 0. The first-order chi connectivity index (χ1) is 13.3. The van der Waals surface area contributed by atoms with Gasteiger partial charge in [0.1, 0.15) is 5.75 Å². The SMILES string of the molecule is CCNC(=NCCN1CCOCC1)N1CCN(c2ccccc2OC)CC1.I. The van der Waals surface area contributed by atoms with E-state index in [2.05, 4.69) is 39.1 Å². The highest BCUT2D eigenvalue weighted by atomic mass is 127. The normalized spacial score (nSPS) is 18.6. The Morgan fingerprint density at radius 3 is 2.50 bits per heavy atom.